The minimum Gasteiger partial charge on any atom is -0.475 e. The predicted octanol–water partition coefficient (Wildman–Crippen LogP) is 4.84. The molecule has 0 saturated heterocycles. The van der Waals surface area contributed by atoms with Crippen LogP contribution in [0.5, 0.6) is 11.5 Å². The van der Waals surface area contributed by atoms with Crippen molar-refractivity contribution >= 4 is 30.0 Å². The lowest BCUT2D eigenvalue weighted by Gasteiger charge is -2.30. The molecule has 0 amide bonds. The molecule has 0 fully saturated rings. The molecule has 11 nitrogen and oxygen atoms in total. The number of nitrogens with zero attached hydrogens (tertiary/aromatic N) is 1. The molecule has 1 aliphatic rings. The second kappa shape index (κ2) is 13.5. The summed E-state index contributed by atoms with van der Waals surface area (Å²) in [7, 11) is 0. The van der Waals surface area contributed by atoms with E-state index in [1.54, 1.807) is 0 Å². The zero-order chi connectivity index (χ0) is 29.4. The molecule has 18 heteroatoms. The molecule has 2 unspecified atom stereocenters. The molecular formula is C21H21F6NO10S. The first-order valence-corrected chi connectivity index (χ1v) is 12.0. The summed E-state index contributed by atoms with van der Waals surface area (Å²) >= 11 is 1.14. The zero-order valence-corrected chi connectivity index (χ0v) is 20.9. The molecule has 2 rings (SSSR count). The van der Waals surface area contributed by atoms with Crippen molar-refractivity contribution < 1.29 is 69.5 Å². The normalized spacial score (nSPS) is 15.7. The van der Waals surface area contributed by atoms with Crippen molar-refractivity contribution in [2.75, 3.05) is 24.7 Å². The number of carbonyl (C=O) groups excluding carboxylic acids is 2. The number of thioether (sulfide) groups is 1. The van der Waals surface area contributed by atoms with Crippen LogP contribution >= 0.6 is 11.8 Å². The van der Waals surface area contributed by atoms with E-state index in [2.05, 4.69) is 14.3 Å². The fraction of sp³-hybridized carbons (Fsp3) is 0.524. The maximum absolute atomic E-state index is 13.7. The molecule has 1 aromatic rings. The summed E-state index contributed by atoms with van der Waals surface area (Å²) < 4.78 is 102. The van der Waals surface area contributed by atoms with E-state index in [1.165, 1.54) is 6.92 Å². The molecule has 218 valence electrons. The summed E-state index contributed by atoms with van der Waals surface area (Å²) in [5, 5.41) is 9.04. The molecule has 0 radical (unpaired) electrons. The smallest absolute Gasteiger partial charge is 0.475 e. The van der Waals surface area contributed by atoms with Crippen LogP contribution in [0.2, 0.25) is 0 Å². The van der Waals surface area contributed by atoms with Crippen LogP contribution in [-0.2, 0) is 30.3 Å². The number of esters is 1. The van der Waals surface area contributed by atoms with E-state index in [1.807, 2.05) is 0 Å². The highest BCUT2D eigenvalue weighted by atomic mass is 32.2. The van der Waals surface area contributed by atoms with Gasteiger partial charge in [-0.3, -0.25) is 0 Å². The highest BCUT2D eigenvalue weighted by Gasteiger charge is 2.49. The number of hydrogen-bond acceptors (Lipinski definition) is 11. The molecular weight excluding hydrogens is 572 g/mol. The van der Waals surface area contributed by atoms with Crippen molar-refractivity contribution in [2.24, 2.45) is 0 Å². The Morgan fingerprint density at radius 3 is 2.38 bits per heavy atom. The molecule has 39 heavy (non-hydrogen) atoms. The number of carbonyl (C=O) groups is 2. The number of fused-ring (bicyclic) bond motifs is 1. The lowest BCUT2D eigenvalue weighted by molar-refractivity contribution is -0.756. The minimum atomic E-state index is -5.12. The lowest BCUT2D eigenvalue weighted by Crippen LogP contribution is -2.41. The predicted molar refractivity (Wildman–Crippen MR) is 119 cm³/mol. The van der Waals surface area contributed by atoms with Gasteiger partial charge in [-0.25, -0.2) is 9.59 Å². The first-order chi connectivity index (χ1) is 18.1. The van der Waals surface area contributed by atoms with E-state index in [0.717, 1.165) is 30.8 Å². The van der Waals surface area contributed by atoms with Crippen molar-refractivity contribution in [1.29, 1.82) is 0 Å². The number of rotatable bonds is 12. The quantitative estimate of drug-likeness (QED) is 0.0824. The summed E-state index contributed by atoms with van der Waals surface area (Å²) in [4.78, 5) is 38.4. The Morgan fingerprint density at radius 2 is 1.79 bits per heavy atom. The second-order valence-corrected chi connectivity index (χ2v) is 8.62. The van der Waals surface area contributed by atoms with E-state index in [9.17, 15) is 46.0 Å². The first-order valence-electron chi connectivity index (χ1n) is 10.9. The zero-order valence-electron chi connectivity index (χ0n) is 20.1. The van der Waals surface area contributed by atoms with Crippen molar-refractivity contribution in [3.63, 3.8) is 0 Å². The maximum Gasteiger partial charge on any atom is 0.573 e. The molecule has 0 spiro atoms. The van der Waals surface area contributed by atoms with Gasteiger partial charge in [0.25, 0.3) is 5.09 Å². The van der Waals surface area contributed by atoms with Crippen molar-refractivity contribution in [1.82, 2.24) is 0 Å². The second-order valence-electron chi connectivity index (χ2n) is 7.40. The van der Waals surface area contributed by atoms with Crippen molar-refractivity contribution in [3.05, 3.63) is 38.9 Å². The molecule has 1 aliphatic heterocycles. The molecule has 2 atom stereocenters. The summed E-state index contributed by atoms with van der Waals surface area (Å²) in [6, 6.07) is 1.62. The van der Waals surface area contributed by atoms with Gasteiger partial charge in [0.2, 0.25) is 12.4 Å². The van der Waals surface area contributed by atoms with E-state index >= 15 is 0 Å². The first kappa shape index (κ1) is 31.6. The Bertz CT molecular complexity index is 1080. The highest BCUT2D eigenvalue weighted by Crippen LogP contribution is 2.42. The van der Waals surface area contributed by atoms with E-state index in [4.69, 9.17) is 14.2 Å². The van der Waals surface area contributed by atoms with Crippen LogP contribution < -0.4 is 9.47 Å². The fourth-order valence-electron chi connectivity index (χ4n) is 3.09. The summed E-state index contributed by atoms with van der Waals surface area (Å²) in [6.07, 6.45) is -15.5. The average molecular weight is 593 g/mol. The number of aryl methyl sites for hydroxylation is 1. The van der Waals surface area contributed by atoms with Crippen LogP contribution in [0.4, 0.5) is 31.1 Å². The van der Waals surface area contributed by atoms with Crippen LogP contribution in [0.3, 0.4) is 0 Å². The third-order valence-corrected chi connectivity index (χ3v) is 5.46. The number of halogens is 6. The number of ether oxygens (including phenoxy) is 5. The Kier molecular flexibility index (Phi) is 10.9. The van der Waals surface area contributed by atoms with Gasteiger partial charge < -0.3 is 28.5 Å². The monoisotopic (exact) mass is 593 g/mol. The summed E-state index contributed by atoms with van der Waals surface area (Å²) in [5.41, 5.74) is -1.44. The van der Waals surface area contributed by atoms with Gasteiger partial charge in [-0.1, -0.05) is 6.92 Å². The van der Waals surface area contributed by atoms with Gasteiger partial charge in [-0.15, -0.1) is 23.3 Å². The van der Waals surface area contributed by atoms with Crippen LogP contribution in [0.1, 0.15) is 25.0 Å². The van der Waals surface area contributed by atoms with Gasteiger partial charge in [0, 0.05) is 24.0 Å². The molecule has 0 aliphatic carbocycles. The summed E-state index contributed by atoms with van der Waals surface area (Å²) in [6.45, 7) is 2.08. The highest BCUT2D eigenvalue weighted by molar-refractivity contribution is 7.99. The number of benzene rings is 1. The topological polar surface area (TPSA) is 133 Å². The Balaban J connectivity index is 2.08. The summed E-state index contributed by atoms with van der Waals surface area (Å²) in [5.74, 6) is -2.33. The van der Waals surface area contributed by atoms with Gasteiger partial charge in [-0.2, -0.15) is 24.9 Å². The van der Waals surface area contributed by atoms with Crippen LogP contribution in [0.15, 0.2) is 17.7 Å². The minimum absolute atomic E-state index is 0.0201. The average Bonchev–Trinajstić information content (AvgIpc) is 2.80. The van der Waals surface area contributed by atoms with Gasteiger partial charge in [0.15, 0.2) is 0 Å². The van der Waals surface area contributed by atoms with Crippen molar-refractivity contribution in [2.45, 2.75) is 45.2 Å². The van der Waals surface area contributed by atoms with E-state index in [0.29, 0.717) is 6.08 Å². The number of alkyl halides is 6. The van der Waals surface area contributed by atoms with Crippen LogP contribution in [0, 0.1) is 10.1 Å². The largest absolute Gasteiger partial charge is 0.573 e. The fourth-order valence-corrected chi connectivity index (χ4v) is 3.69. The molecule has 0 bridgehead atoms. The Hall–Kier alpha value is -3.57. The Labute approximate surface area is 220 Å². The Morgan fingerprint density at radius 1 is 1.13 bits per heavy atom. The van der Waals surface area contributed by atoms with Gasteiger partial charge in [0.1, 0.15) is 24.7 Å². The molecule has 1 aromatic carbocycles. The number of hydrogen-bond donors (Lipinski definition) is 0. The third kappa shape index (κ3) is 10.3. The molecule has 1 heterocycles. The standard InChI is InChI=1S/C21H21F6NO10S/c1-3-12-8-14(38-21(25,26)27)9-13-10-15(17(20(22,23)24)37-16(12)13)18(29)35-11(2)36-19(30)33-4-6-39-7-5-34-28(31)32/h8-11,17H,3-7H2,1-2H3. The lowest BCUT2D eigenvalue weighted by atomic mass is 9.97. The van der Waals surface area contributed by atoms with Gasteiger partial charge in [-0.05, 0) is 30.2 Å². The van der Waals surface area contributed by atoms with Crippen LogP contribution in [0.25, 0.3) is 6.08 Å². The van der Waals surface area contributed by atoms with E-state index in [-0.39, 0.29) is 48.0 Å². The maximum atomic E-state index is 13.7. The molecule has 0 aromatic heterocycles. The van der Waals surface area contributed by atoms with Gasteiger partial charge >= 0.3 is 24.7 Å². The SMILES string of the molecule is CCc1cc(OC(F)(F)F)cc2c1OC(C(F)(F)F)C(C(=O)OC(C)OC(=O)OCCSCCO[N+](=O)[O-])=C2. The van der Waals surface area contributed by atoms with Gasteiger partial charge in [0.05, 0.1) is 5.57 Å². The van der Waals surface area contributed by atoms with Crippen molar-refractivity contribution in [3.8, 4) is 11.5 Å². The third-order valence-electron chi connectivity index (χ3n) is 4.55. The van der Waals surface area contributed by atoms with Crippen LogP contribution in [-0.4, -0.2) is 66.9 Å². The molecule has 0 saturated carbocycles. The molecule has 0 N–H and O–H groups in total. The van der Waals surface area contributed by atoms with E-state index < -0.39 is 53.5 Å².